The second-order valence-corrected chi connectivity index (χ2v) is 5.34. The summed E-state index contributed by atoms with van der Waals surface area (Å²) < 4.78 is 0. The number of para-hydroxylation sites is 1. The van der Waals surface area contributed by atoms with Gasteiger partial charge in [0.1, 0.15) is 17.5 Å². The molecule has 2 rings (SSSR count). The minimum Gasteiger partial charge on any atom is -0.370 e. The molecule has 0 aliphatic heterocycles. The first-order valence-electron chi connectivity index (χ1n) is 8.02. The molecular weight excluding hydrogens is 304 g/mol. The molecule has 0 bridgehead atoms. The molecule has 0 aliphatic rings. The van der Waals surface area contributed by atoms with Crippen molar-refractivity contribution in [1.29, 1.82) is 0 Å². The van der Waals surface area contributed by atoms with E-state index in [2.05, 4.69) is 31.2 Å². The number of carbonyl (C=O) groups excluding carboxylic acids is 1. The third-order valence-corrected chi connectivity index (χ3v) is 3.31. The Hall–Kier alpha value is -2.83. The number of urea groups is 1. The van der Waals surface area contributed by atoms with Crippen molar-refractivity contribution in [3.05, 3.63) is 41.7 Å². The average molecular weight is 328 g/mol. The smallest absolute Gasteiger partial charge is 0.319 e. The van der Waals surface area contributed by atoms with Crippen LogP contribution in [0.1, 0.15) is 18.3 Å². The van der Waals surface area contributed by atoms with Crippen LogP contribution in [0.2, 0.25) is 0 Å². The summed E-state index contributed by atoms with van der Waals surface area (Å²) in [6.45, 7) is 7.68. The number of amides is 2. The van der Waals surface area contributed by atoms with Gasteiger partial charge in [-0.15, -0.1) is 0 Å². The number of nitrogens with zero attached hydrogens (tertiary/aromatic N) is 2. The maximum Gasteiger partial charge on any atom is 0.319 e. The Morgan fingerprint density at radius 3 is 2.46 bits per heavy atom. The quantitative estimate of drug-likeness (QED) is 0.587. The molecule has 1 heterocycles. The zero-order chi connectivity index (χ0) is 17.4. The van der Waals surface area contributed by atoms with Gasteiger partial charge in [0.2, 0.25) is 0 Å². The highest BCUT2D eigenvalue weighted by atomic mass is 16.2. The van der Waals surface area contributed by atoms with Crippen molar-refractivity contribution in [3.63, 3.8) is 0 Å². The number of hydrogen-bond acceptors (Lipinski definition) is 5. The molecule has 0 spiro atoms. The number of hydrogen-bond donors (Lipinski definition) is 4. The Balaban J connectivity index is 1.76. The fourth-order valence-electron chi connectivity index (χ4n) is 2.18. The van der Waals surface area contributed by atoms with Crippen LogP contribution < -0.4 is 21.3 Å². The fourth-order valence-corrected chi connectivity index (χ4v) is 2.18. The summed E-state index contributed by atoms with van der Waals surface area (Å²) in [4.78, 5) is 20.5. The minimum absolute atomic E-state index is 0.224. The Labute approximate surface area is 142 Å². The van der Waals surface area contributed by atoms with Crippen LogP contribution in [0.15, 0.2) is 30.3 Å². The normalized spacial score (nSPS) is 10.1. The molecule has 0 fully saturated rings. The maximum atomic E-state index is 11.9. The van der Waals surface area contributed by atoms with Crippen LogP contribution in [0.5, 0.6) is 0 Å². The van der Waals surface area contributed by atoms with Crippen LogP contribution in [0.3, 0.4) is 0 Å². The highest BCUT2D eigenvalue weighted by molar-refractivity contribution is 5.90. The van der Waals surface area contributed by atoms with Crippen LogP contribution in [0.25, 0.3) is 0 Å². The summed E-state index contributed by atoms with van der Waals surface area (Å²) in [5.74, 6) is 2.22. The van der Waals surface area contributed by atoms with Gasteiger partial charge in [0.25, 0.3) is 0 Å². The van der Waals surface area contributed by atoms with Crippen LogP contribution >= 0.6 is 0 Å². The molecule has 0 unspecified atom stereocenters. The third-order valence-electron chi connectivity index (χ3n) is 3.31. The van der Waals surface area contributed by atoms with E-state index in [0.717, 1.165) is 29.4 Å². The van der Waals surface area contributed by atoms with Gasteiger partial charge in [-0.3, -0.25) is 0 Å². The van der Waals surface area contributed by atoms with Crippen molar-refractivity contribution >= 4 is 23.4 Å². The first-order chi connectivity index (χ1) is 11.6. The molecule has 0 saturated carbocycles. The van der Waals surface area contributed by atoms with Gasteiger partial charge in [-0.1, -0.05) is 18.2 Å². The molecule has 1 aromatic carbocycles. The van der Waals surface area contributed by atoms with E-state index in [1.54, 1.807) is 0 Å². The largest absolute Gasteiger partial charge is 0.370 e. The Bertz CT molecular complexity index is 689. The fraction of sp³-hybridized carbons (Fsp3) is 0.353. The van der Waals surface area contributed by atoms with Gasteiger partial charge in [-0.25, -0.2) is 14.8 Å². The SMILES string of the molecule is CCNc1cc(NCCNC(=O)Nc2ccccc2C)nc(C)n1. The van der Waals surface area contributed by atoms with Gasteiger partial charge < -0.3 is 21.3 Å². The van der Waals surface area contributed by atoms with Crippen molar-refractivity contribution in [2.24, 2.45) is 0 Å². The molecule has 0 aliphatic carbocycles. The lowest BCUT2D eigenvalue weighted by Crippen LogP contribution is -2.33. The van der Waals surface area contributed by atoms with E-state index in [-0.39, 0.29) is 6.03 Å². The highest BCUT2D eigenvalue weighted by Crippen LogP contribution is 2.12. The molecule has 1 aromatic heterocycles. The lowest BCUT2D eigenvalue weighted by atomic mass is 10.2. The molecule has 4 N–H and O–H groups in total. The molecule has 2 amide bonds. The summed E-state index contributed by atoms with van der Waals surface area (Å²) in [6.07, 6.45) is 0. The zero-order valence-corrected chi connectivity index (χ0v) is 14.3. The molecule has 128 valence electrons. The Kier molecular flexibility index (Phi) is 6.36. The molecule has 0 saturated heterocycles. The van der Waals surface area contributed by atoms with Crippen molar-refractivity contribution in [2.45, 2.75) is 20.8 Å². The number of rotatable bonds is 7. The van der Waals surface area contributed by atoms with Crippen LogP contribution in [0.4, 0.5) is 22.1 Å². The summed E-state index contributed by atoms with van der Waals surface area (Å²) in [6, 6.07) is 9.29. The average Bonchev–Trinajstić information content (AvgIpc) is 2.54. The Morgan fingerprint density at radius 1 is 1.04 bits per heavy atom. The van der Waals surface area contributed by atoms with E-state index < -0.39 is 0 Å². The molecule has 2 aromatic rings. The van der Waals surface area contributed by atoms with E-state index in [4.69, 9.17) is 0 Å². The van der Waals surface area contributed by atoms with Gasteiger partial charge in [0.05, 0.1) is 0 Å². The van der Waals surface area contributed by atoms with Gasteiger partial charge in [-0.2, -0.15) is 0 Å². The monoisotopic (exact) mass is 328 g/mol. The molecule has 7 heteroatoms. The highest BCUT2D eigenvalue weighted by Gasteiger charge is 2.04. The number of aromatic nitrogens is 2. The van der Waals surface area contributed by atoms with E-state index in [0.29, 0.717) is 18.9 Å². The summed E-state index contributed by atoms with van der Waals surface area (Å²) in [5.41, 5.74) is 1.84. The number of nitrogens with one attached hydrogen (secondary N) is 4. The zero-order valence-electron chi connectivity index (χ0n) is 14.3. The maximum absolute atomic E-state index is 11.9. The molecule has 0 radical (unpaired) electrons. The lowest BCUT2D eigenvalue weighted by Gasteiger charge is -2.11. The van der Waals surface area contributed by atoms with Crippen molar-refractivity contribution in [2.75, 3.05) is 35.6 Å². The van der Waals surface area contributed by atoms with E-state index in [1.807, 2.05) is 51.1 Å². The van der Waals surface area contributed by atoms with Crippen molar-refractivity contribution in [3.8, 4) is 0 Å². The second-order valence-electron chi connectivity index (χ2n) is 5.34. The van der Waals surface area contributed by atoms with Gasteiger partial charge in [-0.05, 0) is 32.4 Å². The molecular formula is C17H24N6O. The number of benzene rings is 1. The predicted octanol–water partition coefficient (Wildman–Crippen LogP) is 2.76. The number of carbonyl (C=O) groups is 1. The number of anilines is 3. The van der Waals surface area contributed by atoms with E-state index in [9.17, 15) is 4.79 Å². The van der Waals surface area contributed by atoms with Gasteiger partial charge in [0, 0.05) is 31.4 Å². The third kappa shape index (κ3) is 5.42. The van der Waals surface area contributed by atoms with Crippen LogP contribution in [-0.2, 0) is 0 Å². The van der Waals surface area contributed by atoms with E-state index >= 15 is 0 Å². The Morgan fingerprint density at radius 2 is 1.75 bits per heavy atom. The standard InChI is InChI=1S/C17H24N6O/c1-4-18-15-11-16(22-13(3)21-15)19-9-10-20-17(24)23-14-8-6-5-7-12(14)2/h5-8,11H,4,9-10H2,1-3H3,(H2,20,23,24)(H2,18,19,21,22). The topological polar surface area (TPSA) is 91.0 Å². The minimum atomic E-state index is -0.224. The molecule has 0 atom stereocenters. The predicted molar refractivity (Wildman–Crippen MR) is 97.6 cm³/mol. The van der Waals surface area contributed by atoms with Gasteiger partial charge in [0.15, 0.2) is 0 Å². The van der Waals surface area contributed by atoms with Crippen LogP contribution in [0, 0.1) is 13.8 Å². The lowest BCUT2D eigenvalue weighted by molar-refractivity contribution is 0.252. The van der Waals surface area contributed by atoms with Gasteiger partial charge >= 0.3 is 6.03 Å². The van der Waals surface area contributed by atoms with Crippen molar-refractivity contribution in [1.82, 2.24) is 15.3 Å². The summed E-state index contributed by atoms with van der Waals surface area (Å²) >= 11 is 0. The first-order valence-corrected chi connectivity index (χ1v) is 8.02. The molecule has 7 nitrogen and oxygen atoms in total. The second kappa shape index (κ2) is 8.71. The summed E-state index contributed by atoms with van der Waals surface area (Å²) in [5, 5.41) is 12.0. The number of aryl methyl sites for hydroxylation is 2. The summed E-state index contributed by atoms with van der Waals surface area (Å²) in [7, 11) is 0. The first kappa shape index (κ1) is 17.5. The van der Waals surface area contributed by atoms with Crippen LogP contribution in [-0.4, -0.2) is 35.6 Å². The van der Waals surface area contributed by atoms with Crippen molar-refractivity contribution < 1.29 is 4.79 Å². The van der Waals surface area contributed by atoms with E-state index in [1.165, 1.54) is 0 Å². The molecule has 24 heavy (non-hydrogen) atoms.